The number of nitrogens with zero attached hydrogens (tertiary/aromatic N) is 5. The van der Waals surface area contributed by atoms with Crippen molar-refractivity contribution in [3.05, 3.63) is 36.2 Å². The number of methoxy groups -OCH3 is 1. The van der Waals surface area contributed by atoms with Crippen LogP contribution in [0, 0.1) is 0 Å². The molecule has 1 fully saturated rings. The van der Waals surface area contributed by atoms with Gasteiger partial charge in [0.2, 0.25) is 5.96 Å². The van der Waals surface area contributed by atoms with Gasteiger partial charge >= 0.3 is 6.03 Å². The lowest BCUT2D eigenvalue weighted by Gasteiger charge is -2.40. The Morgan fingerprint density at radius 2 is 2.03 bits per heavy atom. The number of aliphatic imine (C=N–C) groups is 1. The van der Waals surface area contributed by atoms with Crippen molar-refractivity contribution in [1.82, 2.24) is 14.7 Å². The van der Waals surface area contributed by atoms with Gasteiger partial charge in [-0.05, 0) is 26.0 Å². The van der Waals surface area contributed by atoms with Crippen LogP contribution in [0.2, 0.25) is 0 Å². The molecule has 4 rings (SSSR count). The van der Waals surface area contributed by atoms with Crippen molar-refractivity contribution in [2.75, 3.05) is 38.8 Å². The highest BCUT2D eigenvalue weighted by atomic mass is 16.5. The van der Waals surface area contributed by atoms with Crippen molar-refractivity contribution in [2.24, 2.45) is 4.99 Å². The maximum atomic E-state index is 13.2. The van der Waals surface area contributed by atoms with Crippen LogP contribution in [-0.2, 0) is 9.53 Å². The summed E-state index contributed by atoms with van der Waals surface area (Å²) in [6.07, 6.45) is 1.34. The maximum Gasteiger partial charge on any atom is 0.328 e. The van der Waals surface area contributed by atoms with E-state index in [-0.39, 0.29) is 18.5 Å². The first kappa shape index (κ1) is 19.3. The Hall–Kier alpha value is -3.07. The molecule has 2 unspecified atom stereocenters. The highest BCUT2D eigenvalue weighted by Gasteiger charge is 2.54. The van der Waals surface area contributed by atoms with Crippen molar-refractivity contribution in [3.63, 3.8) is 0 Å². The van der Waals surface area contributed by atoms with Crippen LogP contribution < -0.4 is 9.64 Å². The number of ether oxygens (including phenoxy) is 2. The molecular formula is C20H25N5O4. The standard InChI is InChI=1S/C20H25N5O4/c1-5-29-10-9-23-18(26)16-17(22(3)20(23)27)21-19-24(16)12-13(2)25(19)14-7-6-8-15(11-14)28-4/h6-8,11-12,16-17H,5,9-10H2,1-4H3. The summed E-state index contributed by atoms with van der Waals surface area (Å²) in [5.74, 6) is 1.11. The Bertz CT molecular complexity index is 899. The van der Waals surface area contributed by atoms with E-state index in [0.29, 0.717) is 19.2 Å². The van der Waals surface area contributed by atoms with Crippen molar-refractivity contribution in [3.8, 4) is 5.75 Å². The molecule has 154 valence electrons. The van der Waals surface area contributed by atoms with Gasteiger partial charge in [-0.2, -0.15) is 0 Å². The van der Waals surface area contributed by atoms with E-state index in [1.807, 2.05) is 54.1 Å². The summed E-state index contributed by atoms with van der Waals surface area (Å²) in [5, 5.41) is 0. The molecule has 0 radical (unpaired) electrons. The average Bonchev–Trinajstić information content (AvgIpc) is 3.23. The van der Waals surface area contributed by atoms with E-state index in [0.717, 1.165) is 17.1 Å². The van der Waals surface area contributed by atoms with Crippen LogP contribution >= 0.6 is 0 Å². The molecule has 9 nitrogen and oxygen atoms in total. The van der Waals surface area contributed by atoms with Crippen molar-refractivity contribution in [2.45, 2.75) is 26.1 Å². The number of guanidine groups is 1. The number of fused-ring (bicyclic) bond motifs is 3. The molecule has 0 aromatic heterocycles. The second-order valence-electron chi connectivity index (χ2n) is 7.08. The van der Waals surface area contributed by atoms with Crippen molar-refractivity contribution >= 4 is 23.6 Å². The number of hydrogen-bond acceptors (Lipinski definition) is 7. The summed E-state index contributed by atoms with van der Waals surface area (Å²) in [4.78, 5) is 37.3. The number of carbonyl (C=O) groups excluding carboxylic acids is 2. The van der Waals surface area contributed by atoms with Gasteiger partial charge in [0.05, 0.1) is 25.9 Å². The lowest BCUT2D eigenvalue weighted by Crippen LogP contribution is -2.64. The molecule has 3 aliphatic rings. The summed E-state index contributed by atoms with van der Waals surface area (Å²) in [5.41, 5.74) is 1.82. The number of amides is 3. The van der Waals surface area contributed by atoms with E-state index >= 15 is 0 Å². The number of benzene rings is 1. The van der Waals surface area contributed by atoms with E-state index in [1.54, 1.807) is 14.2 Å². The van der Waals surface area contributed by atoms with Gasteiger partial charge in [0, 0.05) is 31.6 Å². The summed E-state index contributed by atoms with van der Waals surface area (Å²) in [7, 11) is 3.30. The van der Waals surface area contributed by atoms with Gasteiger partial charge in [-0.1, -0.05) is 6.07 Å². The summed E-state index contributed by atoms with van der Waals surface area (Å²) >= 11 is 0. The molecule has 0 spiro atoms. The number of imide groups is 1. The first-order valence-corrected chi connectivity index (χ1v) is 9.62. The fraction of sp³-hybridized carbons (Fsp3) is 0.450. The number of allylic oxidation sites excluding steroid dienone is 1. The maximum absolute atomic E-state index is 13.2. The normalized spacial score (nSPS) is 23.3. The number of likely N-dealkylation sites (N-methyl/N-ethyl adjacent to an activating group) is 1. The summed E-state index contributed by atoms with van der Waals surface area (Å²) in [6.45, 7) is 4.92. The zero-order chi connectivity index (χ0) is 20.7. The Morgan fingerprint density at radius 1 is 1.24 bits per heavy atom. The van der Waals surface area contributed by atoms with Gasteiger partial charge in [-0.3, -0.25) is 14.6 Å². The van der Waals surface area contributed by atoms with E-state index in [1.165, 1.54) is 9.80 Å². The minimum atomic E-state index is -0.583. The van der Waals surface area contributed by atoms with E-state index in [2.05, 4.69) is 0 Å². The largest absolute Gasteiger partial charge is 0.497 e. The van der Waals surface area contributed by atoms with Gasteiger partial charge in [0.15, 0.2) is 12.2 Å². The van der Waals surface area contributed by atoms with Gasteiger partial charge in [0.1, 0.15) is 5.75 Å². The highest BCUT2D eigenvalue weighted by Crippen LogP contribution is 2.37. The molecule has 3 heterocycles. The van der Waals surface area contributed by atoms with Crippen LogP contribution in [0.15, 0.2) is 41.2 Å². The average molecular weight is 399 g/mol. The molecule has 29 heavy (non-hydrogen) atoms. The molecule has 0 aliphatic carbocycles. The lowest BCUT2D eigenvalue weighted by molar-refractivity contribution is -0.137. The summed E-state index contributed by atoms with van der Waals surface area (Å²) in [6, 6.07) is 6.71. The first-order valence-electron chi connectivity index (χ1n) is 9.62. The Labute approximate surface area is 169 Å². The predicted octanol–water partition coefficient (Wildman–Crippen LogP) is 1.67. The summed E-state index contributed by atoms with van der Waals surface area (Å²) < 4.78 is 10.7. The quantitative estimate of drug-likeness (QED) is 0.678. The van der Waals surface area contributed by atoms with Crippen LogP contribution in [0.4, 0.5) is 10.5 Å². The van der Waals surface area contributed by atoms with Crippen molar-refractivity contribution in [1.29, 1.82) is 0 Å². The molecule has 1 aromatic carbocycles. The number of anilines is 1. The monoisotopic (exact) mass is 399 g/mol. The number of rotatable bonds is 6. The molecule has 3 amide bonds. The van der Waals surface area contributed by atoms with E-state index < -0.39 is 12.2 Å². The molecule has 3 aliphatic heterocycles. The van der Waals surface area contributed by atoms with Gasteiger partial charge < -0.3 is 19.3 Å². The molecule has 9 heteroatoms. The van der Waals surface area contributed by atoms with Crippen LogP contribution in [0.25, 0.3) is 0 Å². The molecule has 1 saturated heterocycles. The van der Waals surface area contributed by atoms with Crippen LogP contribution in [0.5, 0.6) is 5.75 Å². The third-order valence-electron chi connectivity index (χ3n) is 5.36. The van der Waals surface area contributed by atoms with Crippen LogP contribution in [0.1, 0.15) is 13.8 Å². The number of hydrogen-bond donors (Lipinski definition) is 0. The van der Waals surface area contributed by atoms with E-state index in [4.69, 9.17) is 14.5 Å². The third-order valence-corrected chi connectivity index (χ3v) is 5.36. The van der Waals surface area contributed by atoms with Crippen LogP contribution in [0.3, 0.4) is 0 Å². The number of urea groups is 1. The van der Waals surface area contributed by atoms with Gasteiger partial charge in [-0.25, -0.2) is 9.79 Å². The zero-order valence-electron chi connectivity index (χ0n) is 17.0. The first-order chi connectivity index (χ1) is 14.0. The molecular weight excluding hydrogens is 374 g/mol. The lowest BCUT2D eigenvalue weighted by atomic mass is 10.1. The third kappa shape index (κ3) is 3.02. The minimum Gasteiger partial charge on any atom is -0.497 e. The fourth-order valence-corrected chi connectivity index (χ4v) is 3.93. The molecule has 0 saturated carbocycles. The topological polar surface area (TPSA) is 77.9 Å². The van der Waals surface area contributed by atoms with Crippen LogP contribution in [-0.4, -0.2) is 78.7 Å². The van der Waals surface area contributed by atoms with Crippen molar-refractivity contribution < 1.29 is 19.1 Å². The highest BCUT2D eigenvalue weighted by molar-refractivity contribution is 6.09. The second kappa shape index (κ2) is 7.40. The number of carbonyl (C=O) groups is 2. The Morgan fingerprint density at radius 3 is 2.76 bits per heavy atom. The van der Waals surface area contributed by atoms with E-state index in [9.17, 15) is 9.59 Å². The van der Waals surface area contributed by atoms with Gasteiger partial charge in [0.25, 0.3) is 5.91 Å². The molecule has 0 N–H and O–H groups in total. The molecule has 2 atom stereocenters. The fourth-order valence-electron chi connectivity index (χ4n) is 3.93. The Balaban J connectivity index is 1.65. The Kier molecular flexibility index (Phi) is 4.91. The second-order valence-corrected chi connectivity index (χ2v) is 7.08. The minimum absolute atomic E-state index is 0.227. The zero-order valence-corrected chi connectivity index (χ0v) is 17.0. The molecule has 0 bridgehead atoms. The predicted molar refractivity (Wildman–Crippen MR) is 107 cm³/mol. The smallest absolute Gasteiger partial charge is 0.328 e. The van der Waals surface area contributed by atoms with Gasteiger partial charge in [-0.15, -0.1) is 0 Å². The molecule has 1 aromatic rings. The SMILES string of the molecule is CCOCCN1C(=O)C2C(N=C3N(c4cccc(OC)c4)C(C)=CN32)N(C)C1=O.